The summed E-state index contributed by atoms with van der Waals surface area (Å²) in [5, 5.41) is 8.76. The van der Waals surface area contributed by atoms with E-state index in [1.165, 1.54) is 18.1 Å². The second-order valence-electron chi connectivity index (χ2n) is 9.77. The fourth-order valence-corrected chi connectivity index (χ4v) is 5.20. The first-order valence-electron chi connectivity index (χ1n) is 12.8. The van der Waals surface area contributed by atoms with Crippen LogP contribution in [0.2, 0.25) is 0 Å². The van der Waals surface area contributed by atoms with E-state index in [-0.39, 0.29) is 5.75 Å². The molecular formula is C29H28N8O2S. The third-order valence-electron chi connectivity index (χ3n) is 6.67. The van der Waals surface area contributed by atoms with Crippen molar-refractivity contribution in [1.29, 1.82) is 0 Å². The predicted octanol–water partition coefficient (Wildman–Crippen LogP) is 3.67. The van der Waals surface area contributed by atoms with Gasteiger partial charge in [0.2, 0.25) is 0 Å². The lowest BCUT2D eigenvalue weighted by atomic mass is 10.1. The SMILES string of the molecule is CS(=O)(=O)CCNCc1ccc(-n2nc(-c3ccc4[nH]c(Cc5ccccc5)nc4c3)c3c(N)ncnc32)cc1. The summed E-state index contributed by atoms with van der Waals surface area (Å²) in [5.41, 5.74) is 13.3. The van der Waals surface area contributed by atoms with Gasteiger partial charge in [0.05, 0.1) is 27.9 Å². The Kier molecular flexibility index (Phi) is 6.74. The topological polar surface area (TPSA) is 144 Å². The number of sulfone groups is 1. The standard InChI is InChI=1S/C29H28N8O2S/c1-40(38,39)14-13-31-17-20-7-10-22(11-8-20)37-29-26(28(30)32-18-33-29)27(36-37)21-9-12-23-24(16-21)35-25(34-23)15-19-5-3-2-4-6-19/h2-12,16,18,31H,13-15,17H2,1H3,(H,34,35)(H2,30,32,33). The third kappa shape index (κ3) is 5.42. The van der Waals surface area contributed by atoms with Crippen molar-refractivity contribution in [2.24, 2.45) is 0 Å². The van der Waals surface area contributed by atoms with Gasteiger partial charge in [0, 0.05) is 31.3 Å². The summed E-state index contributed by atoms with van der Waals surface area (Å²) in [5.74, 6) is 1.35. The van der Waals surface area contributed by atoms with Crippen molar-refractivity contribution in [1.82, 2.24) is 35.0 Å². The van der Waals surface area contributed by atoms with E-state index in [1.54, 1.807) is 4.68 Å². The van der Waals surface area contributed by atoms with E-state index in [0.717, 1.165) is 33.7 Å². The highest BCUT2D eigenvalue weighted by Crippen LogP contribution is 2.33. The number of aromatic nitrogens is 6. The Labute approximate surface area is 231 Å². The van der Waals surface area contributed by atoms with Gasteiger partial charge in [-0.3, -0.25) is 0 Å². The van der Waals surface area contributed by atoms with Crippen LogP contribution in [0.3, 0.4) is 0 Å². The molecule has 0 bridgehead atoms. The Balaban J connectivity index is 1.31. The third-order valence-corrected chi connectivity index (χ3v) is 7.62. The normalized spacial score (nSPS) is 11.9. The van der Waals surface area contributed by atoms with Gasteiger partial charge in [-0.15, -0.1) is 0 Å². The summed E-state index contributed by atoms with van der Waals surface area (Å²) in [6.45, 7) is 0.962. The molecule has 0 radical (unpaired) electrons. The maximum Gasteiger partial charge on any atom is 0.169 e. The Bertz CT molecular complexity index is 1910. The summed E-state index contributed by atoms with van der Waals surface area (Å²) in [6, 6.07) is 24.1. The number of H-pyrrole nitrogens is 1. The van der Waals surface area contributed by atoms with Crippen molar-refractivity contribution >= 4 is 37.7 Å². The number of nitrogens with one attached hydrogen (secondary N) is 2. The monoisotopic (exact) mass is 552 g/mol. The molecule has 0 amide bonds. The van der Waals surface area contributed by atoms with E-state index in [0.29, 0.717) is 42.1 Å². The second kappa shape index (κ2) is 10.5. The molecule has 0 atom stereocenters. The molecule has 3 heterocycles. The smallest absolute Gasteiger partial charge is 0.169 e. The molecule has 202 valence electrons. The van der Waals surface area contributed by atoms with Crippen molar-refractivity contribution < 1.29 is 8.42 Å². The molecule has 6 rings (SSSR count). The van der Waals surface area contributed by atoms with Crippen LogP contribution in [0.4, 0.5) is 5.82 Å². The molecule has 4 N–H and O–H groups in total. The van der Waals surface area contributed by atoms with Crippen LogP contribution >= 0.6 is 0 Å². The lowest BCUT2D eigenvalue weighted by Gasteiger charge is -2.07. The number of nitrogens with zero attached hydrogens (tertiary/aromatic N) is 5. The van der Waals surface area contributed by atoms with Crippen LogP contribution in [0, 0.1) is 0 Å². The van der Waals surface area contributed by atoms with Crippen molar-refractivity contribution in [2.75, 3.05) is 24.3 Å². The van der Waals surface area contributed by atoms with Crippen LogP contribution in [0.15, 0.2) is 79.1 Å². The minimum atomic E-state index is -2.99. The zero-order valence-electron chi connectivity index (χ0n) is 21.9. The second-order valence-corrected chi connectivity index (χ2v) is 12.0. The summed E-state index contributed by atoms with van der Waals surface area (Å²) in [6.07, 6.45) is 3.39. The molecule has 3 aromatic heterocycles. The quantitative estimate of drug-likeness (QED) is 0.231. The first-order valence-corrected chi connectivity index (χ1v) is 14.9. The Hall–Kier alpha value is -4.61. The predicted molar refractivity (Wildman–Crippen MR) is 157 cm³/mol. The van der Waals surface area contributed by atoms with Crippen molar-refractivity contribution in [3.8, 4) is 16.9 Å². The molecule has 0 aliphatic carbocycles. The van der Waals surface area contributed by atoms with Gasteiger partial charge in [-0.25, -0.2) is 28.1 Å². The van der Waals surface area contributed by atoms with Gasteiger partial charge in [0.1, 0.15) is 33.5 Å². The van der Waals surface area contributed by atoms with Crippen molar-refractivity contribution in [3.05, 3.63) is 96.1 Å². The molecule has 10 nitrogen and oxygen atoms in total. The molecule has 40 heavy (non-hydrogen) atoms. The summed E-state index contributed by atoms with van der Waals surface area (Å²) < 4.78 is 24.4. The van der Waals surface area contributed by atoms with Crippen LogP contribution in [0.5, 0.6) is 0 Å². The number of nitrogen functional groups attached to an aromatic ring is 1. The van der Waals surface area contributed by atoms with E-state index in [1.807, 2.05) is 60.7 Å². The molecule has 0 aliphatic heterocycles. The van der Waals surface area contributed by atoms with Gasteiger partial charge < -0.3 is 16.0 Å². The fraction of sp³-hybridized carbons (Fsp3) is 0.172. The van der Waals surface area contributed by atoms with Crippen LogP contribution < -0.4 is 11.1 Å². The molecule has 6 aromatic rings. The first kappa shape index (κ1) is 25.7. The van der Waals surface area contributed by atoms with E-state index in [9.17, 15) is 8.42 Å². The van der Waals surface area contributed by atoms with E-state index >= 15 is 0 Å². The number of fused-ring (bicyclic) bond motifs is 2. The molecule has 0 spiro atoms. The number of benzene rings is 3. The van der Waals surface area contributed by atoms with Gasteiger partial charge in [0.15, 0.2) is 5.65 Å². The van der Waals surface area contributed by atoms with Gasteiger partial charge >= 0.3 is 0 Å². The maximum atomic E-state index is 11.3. The number of aromatic amines is 1. The van der Waals surface area contributed by atoms with Gasteiger partial charge in [-0.1, -0.05) is 48.5 Å². The Morgan fingerprint density at radius 3 is 2.55 bits per heavy atom. The van der Waals surface area contributed by atoms with Crippen molar-refractivity contribution in [3.63, 3.8) is 0 Å². The number of hydrogen-bond donors (Lipinski definition) is 3. The Morgan fingerprint density at radius 1 is 0.975 bits per heavy atom. The average molecular weight is 553 g/mol. The van der Waals surface area contributed by atoms with Gasteiger partial charge in [0.25, 0.3) is 0 Å². The zero-order valence-corrected chi connectivity index (χ0v) is 22.7. The highest BCUT2D eigenvalue weighted by atomic mass is 32.2. The highest BCUT2D eigenvalue weighted by Gasteiger charge is 2.19. The maximum absolute atomic E-state index is 11.3. The van der Waals surface area contributed by atoms with E-state index in [4.69, 9.17) is 15.8 Å². The van der Waals surface area contributed by atoms with Crippen LogP contribution in [-0.2, 0) is 22.8 Å². The number of nitrogens with two attached hydrogens (primary N) is 1. The molecule has 3 aromatic carbocycles. The molecular weight excluding hydrogens is 524 g/mol. The zero-order chi connectivity index (χ0) is 27.7. The van der Waals surface area contributed by atoms with Crippen molar-refractivity contribution in [2.45, 2.75) is 13.0 Å². The van der Waals surface area contributed by atoms with Gasteiger partial charge in [-0.05, 0) is 35.4 Å². The first-order chi connectivity index (χ1) is 19.3. The summed E-state index contributed by atoms with van der Waals surface area (Å²) in [7, 11) is -2.99. The molecule has 11 heteroatoms. The highest BCUT2D eigenvalue weighted by molar-refractivity contribution is 7.90. The molecule has 0 unspecified atom stereocenters. The van der Waals surface area contributed by atoms with Crippen LogP contribution in [0.1, 0.15) is 17.0 Å². The Morgan fingerprint density at radius 2 is 1.77 bits per heavy atom. The number of imidazole rings is 1. The van der Waals surface area contributed by atoms with Gasteiger partial charge in [-0.2, -0.15) is 5.10 Å². The average Bonchev–Trinajstić information content (AvgIpc) is 3.53. The lowest BCUT2D eigenvalue weighted by Crippen LogP contribution is -2.21. The number of anilines is 1. The van der Waals surface area contributed by atoms with Crippen LogP contribution in [-0.4, -0.2) is 56.7 Å². The summed E-state index contributed by atoms with van der Waals surface area (Å²) >= 11 is 0. The largest absolute Gasteiger partial charge is 0.383 e. The molecule has 0 saturated carbocycles. The molecule has 0 fully saturated rings. The van der Waals surface area contributed by atoms with Crippen LogP contribution in [0.25, 0.3) is 39.0 Å². The minimum absolute atomic E-state index is 0.104. The molecule has 0 aliphatic rings. The fourth-order valence-electron chi connectivity index (χ4n) is 4.68. The number of rotatable bonds is 9. The molecule has 0 saturated heterocycles. The lowest BCUT2D eigenvalue weighted by molar-refractivity contribution is 0.596. The van der Waals surface area contributed by atoms with E-state index in [2.05, 4.69) is 32.4 Å². The summed E-state index contributed by atoms with van der Waals surface area (Å²) in [4.78, 5) is 17.0. The van der Waals surface area contributed by atoms with E-state index < -0.39 is 9.84 Å². The number of hydrogen-bond acceptors (Lipinski definition) is 8. The minimum Gasteiger partial charge on any atom is -0.383 e.